The van der Waals surface area contributed by atoms with Gasteiger partial charge in [-0.3, -0.25) is 4.79 Å². The van der Waals surface area contributed by atoms with Crippen LogP contribution in [0.15, 0.2) is 45.7 Å². The number of ketones is 1. The normalized spacial score (nSPS) is 23.3. The fraction of sp³-hybridized carbons (Fsp3) is 0.478. The van der Waals surface area contributed by atoms with Crippen LogP contribution >= 0.6 is 15.9 Å². The van der Waals surface area contributed by atoms with Crippen LogP contribution in [0.2, 0.25) is 0 Å². The summed E-state index contributed by atoms with van der Waals surface area (Å²) in [7, 11) is 1.60. The Morgan fingerprint density at radius 2 is 1.97 bits per heavy atom. The molecule has 0 fully saturated rings. The summed E-state index contributed by atoms with van der Waals surface area (Å²) in [5.74, 6) is -0.430. The molecule has 0 radical (unpaired) electrons. The van der Waals surface area contributed by atoms with Gasteiger partial charge in [-0.25, -0.2) is 4.79 Å². The minimum Gasteiger partial charge on any atom is -0.496 e. The maximum atomic E-state index is 13.2. The molecule has 2 atom stereocenters. The van der Waals surface area contributed by atoms with E-state index in [1.807, 2.05) is 39.0 Å². The van der Waals surface area contributed by atoms with E-state index in [0.29, 0.717) is 17.7 Å². The Kier molecular flexibility index (Phi) is 5.95. The van der Waals surface area contributed by atoms with Crippen molar-refractivity contribution in [2.24, 2.45) is 11.3 Å². The summed E-state index contributed by atoms with van der Waals surface area (Å²) in [4.78, 5) is 26.3. The first-order chi connectivity index (χ1) is 13.5. The second-order valence-corrected chi connectivity index (χ2v) is 9.55. The minimum atomic E-state index is -0.443. The number of halogens is 1. The Balaban J connectivity index is 2.19. The van der Waals surface area contributed by atoms with Gasteiger partial charge < -0.3 is 14.8 Å². The largest absolute Gasteiger partial charge is 0.496 e. The summed E-state index contributed by atoms with van der Waals surface area (Å²) in [6, 6.07) is 5.69. The molecule has 1 heterocycles. The highest BCUT2D eigenvalue weighted by Crippen LogP contribution is 2.47. The first-order valence-electron chi connectivity index (χ1n) is 9.81. The third kappa shape index (κ3) is 4.27. The summed E-state index contributed by atoms with van der Waals surface area (Å²) >= 11 is 3.54. The molecule has 1 aliphatic carbocycles. The Hall–Kier alpha value is -2.08. The molecule has 5 nitrogen and oxygen atoms in total. The van der Waals surface area contributed by atoms with Gasteiger partial charge in [0, 0.05) is 23.7 Å². The average Bonchev–Trinajstić information content (AvgIpc) is 2.58. The van der Waals surface area contributed by atoms with E-state index in [1.165, 1.54) is 0 Å². The maximum Gasteiger partial charge on any atom is 0.336 e. The fourth-order valence-corrected chi connectivity index (χ4v) is 4.81. The van der Waals surface area contributed by atoms with Gasteiger partial charge in [-0.1, -0.05) is 26.0 Å². The molecule has 1 aliphatic heterocycles. The lowest BCUT2D eigenvalue weighted by Crippen LogP contribution is -2.43. The Morgan fingerprint density at radius 3 is 2.55 bits per heavy atom. The van der Waals surface area contributed by atoms with Crippen LogP contribution in [0.1, 0.15) is 52.5 Å². The van der Waals surface area contributed by atoms with Crippen molar-refractivity contribution in [1.29, 1.82) is 0 Å². The molecule has 0 saturated heterocycles. The van der Waals surface area contributed by atoms with E-state index in [4.69, 9.17) is 9.47 Å². The number of hydrogen-bond donors (Lipinski definition) is 1. The predicted octanol–water partition coefficient (Wildman–Crippen LogP) is 4.87. The van der Waals surface area contributed by atoms with Crippen LogP contribution in [0.4, 0.5) is 0 Å². The lowest BCUT2D eigenvalue weighted by atomic mass is 9.66. The number of allylic oxidation sites excluding steroid dienone is 3. The van der Waals surface area contributed by atoms with Gasteiger partial charge in [0.25, 0.3) is 0 Å². The van der Waals surface area contributed by atoms with E-state index in [2.05, 4.69) is 41.2 Å². The lowest BCUT2D eigenvalue weighted by molar-refractivity contribution is -0.143. The Bertz CT molecular complexity index is 913. The molecular weight excluding hydrogens is 434 g/mol. The molecule has 0 amide bonds. The molecule has 6 heteroatoms. The number of carbonyl (C=O) groups is 2. The number of Topliss-reactive ketones (excluding diaryl/α,β-unsaturated/α-hetero) is 1. The number of methoxy groups -OCH3 is 1. The van der Waals surface area contributed by atoms with Gasteiger partial charge in [0.05, 0.1) is 29.2 Å². The van der Waals surface area contributed by atoms with Gasteiger partial charge >= 0.3 is 5.97 Å². The van der Waals surface area contributed by atoms with Crippen molar-refractivity contribution in [1.82, 2.24) is 5.32 Å². The standard InChI is InChI=1S/C23H28BrNO4/c1-12(2)29-22(27)19-13(3)25-16-10-23(4,5)11-17(26)21(16)20(19)14-7-8-18(28-6)15(24)9-14/h7-10,12,20-21,25H,11H2,1-6H3. The van der Waals surface area contributed by atoms with Crippen molar-refractivity contribution < 1.29 is 19.1 Å². The first-order valence-corrected chi connectivity index (χ1v) is 10.6. The van der Waals surface area contributed by atoms with Crippen molar-refractivity contribution in [2.45, 2.75) is 53.1 Å². The molecule has 1 aromatic rings. The molecular formula is C23H28BrNO4. The number of nitrogens with one attached hydrogen (secondary N) is 1. The highest BCUT2D eigenvalue weighted by Gasteiger charge is 2.46. The van der Waals surface area contributed by atoms with Crippen molar-refractivity contribution in [2.75, 3.05) is 7.11 Å². The third-order valence-corrected chi connectivity index (χ3v) is 5.96. The van der Waals surface area contributed by atoms with E-state index >= 15 is 0 Å². The highest BCUT2D eigenvalue weighted by molar-refractivity contribution is 9.10. The number of ether oxygens (including phenoxy) is 2. The van der Waals surface area contributed by atoms with Crippen molar-refractivity contribution in [3.05, 3.63) is 51.3 Å². The number of benzene rings is 1. The van der Waals surface area contributed by atoms with Gasteiger partial charge in [-0.2, -0.15) is 0 Å². The summed E-state index contributed by atoms with van der Waals surface area (Å²) in [6.45, 7) is 9.61. The van der Waals surface area contributed by atoms with Gasteiger partial charge in [0.15, 0.2) is 0 Å². The minimum absolute atomic E-state index is 0.124. The summed E-state index contributed by atoms with van der Waals surface area (Å²) < 4.78 is 11.7. The number of hydrogen-bond acceptors (Lipinski definition) is 5. The molecule has 29 heavy (non-hydrogen) atoms. The van der Waals surface area contributed by atoms with E-state index in [9.17, 15) is 9.59 Å². The van der Waals surface area contributed by atoms with E-state index in [0.717, 1.165) is 21.4 Å². The van der Waals surface area contributed by atoms with Crippen LogP contribution in [0.5, 0.6) is 5.75 Å². The lowest BCUT2D eigenvalue weighted by Gasteiger charge is -2.41. The second kappa shape index (κ2) is 7.98. The predicted molar refractivity (Wildman–Crippen MR) is 115 cm³/mol. The van der Waals surface area contributed by atoms with Gasteiger partial charge in [0.1, 0.15) is 11.5 Å². The summed E-state index contributed by atoms with van der Waals surface area (Å²) in [5, 5.41) is 3.33. The van der Waals surface area contributed by atoms with Crippen LogP contribution in [-0.2, 0) is 14.3 Å². The fourth-order valence-electron chi connectivity index (χ4n) is 4.25. The van der Waals surface area contributed by atoms with E-state index < -0.39 is 17.8 Å². The SMILES string of the molecule is COc1ccc(C2C(C(=O)OC(C)C)=C(C)NC3=CC(C)(C)CC(=O)C32)cc1Br. The molecule has 1 aromatic carbocycles. The molecule has 0 aromatic heterocycles. The van der Waals surface area contributed by atoms with Crippen LogP contribution < -0.4 is 10.1 Å². The van der Waals surface area contributed by atoms with Crippen LogP contribution in [0.25, 0.3) is 0 Å². The monoisotopic (exact) mass is 461 g/mol. The zero-order chi connectivity index (χ0) is 21.5. The van der Waals surface area contributed by atoms with E-state index in [1.54, 1.807) is 7.11 Å². The Morgan fingerprint density at radius 1 is 1.28 bits per heavy atom. The zero-order valence-electron chi connectivity index (χ0n) is 17.8. The highest BCUT2D eigenvalue weighted by atomic mass is 79.9. The summed E-state index contributed by atoms with van der Waals surface area (Å²) in [6.07, 6.45) is 2.31. The third-order valence-electron chi connectivity index (χ3n) is 5.34. The second-order valence-electron chi connectivity index (χ2n) is 8.70. The maximum absolute atomic E-state index is 13.2. The number of fused-ring (bicyclic) bond motifs is 1. The van der Waals surface area contributed by atoms with Gasteiger partial charge in [0.2, 0.25) is 0 Å². The number of carbonyl (C=O) groups excluding carboxylic acids is 2. The molecule has 2 aliphatic rings. The van der Waals surface area contributed by atoms with Crippen molar-refractivity contribution in [3.63, 3.8) is 0 Å². The molecule has 1 N–H and O–H groups in total. The van der Waals surface area contributed by atoms with Crippen molar-refractivity contribution in [3.8, 4) is 5.75 Å². The van der Waals surface area contributed by atoms with Crippen molar-refractivity contribution >= 4 is 27.7 Å². The number of rotatable bonds is 4. The molecule has 2 unspecified atom stereocenters. The average molecular weight is 462 g/mol. The quantitative estimate of drug-likeness (QED) is 0.647. The summed E-state index contributed by atoms with van der Waals surface area (Å²) in [5.41, 5.74) is 2.74. The molecule has 156 valence electrons. The molecule has 0 saturated carbocycles. The van der Waals surface area contributed by atoms with Gasteiger partial charge in [-0.05, 0) is 59.8 Å². The Labute approximate surface area is 180 Å². The molecule has 0 bridgehead atoms. The first kappa shape index (κ1) is 21.6. The van der Waals surface area contributed by atoms with Crippen LogP contribution in [-0.4, -0.2) is 25.0 Å². The zero-order valence-corrected chi connectivity index (χ0v) is 19.3. The molecule has 3 rings (SSSR count). The van der Waals surface area contributed by atoms with Crippen LogP contribution in [0.3, 0.4) is 0 Å². The number of esters is 1. The topological polar surface area (TPSA) is 64.6 Å². The van der Waals surface area contributed by atoms with Gasteiger partial charge in [-0.15, -0.1) is 0 Å². The molecule has 0 spiro atoms. The van der Waals surface area contributed by atoms with Crippen LogP contribution in [0, 0.1) is 11.3 Å². The smallest absolute Gasteiger partial charge is 0.336 e. The van der Waals surface area contributed by atoms with E-state index in [-0.39, 0.29) is 17.3 Å².